The molecule has 0 fully saturated rings. The molecule has 0 unspecified atom stereocenters. The topological polar surface area (TPSA) is 105 Å². The predicted octanol–water partition coefficient (Wildman–Crippen LogP) is 6.13. The first-order valence-corrected chi connectivity index (χ1v) is 17.4. The van der Waals surface area contributed by atoms with E-state index in [2.05, 4.69) is 21.2 Å². The second-order valence-corrected chi connectivity index (χ2v) is 14.1. The largest absolute Gasteiger partial charge is 0.497 e. The van der Waals surface area contributed by atoms with Crippen LogP contribution >= 0.6 is 15.9 Å². The van der Waals surface area contributed by atoms with Crippen molar-refractivity contribution in [3.8, 4) is 11.5 Å². The molecular formula is C36H40BrN3O6S. The van der Waals surface area contributed by atoms with Gasteiger partial charge in [0, 0.05) is 19.0 Å². The van der Waals surface area contributed by atoms with Gasteiger partial charge in [-0.1, -0.05) is 60.2 Å². The van der Waals surface area contributed by atoms with Gasteiger partial charge in [0.25, 0.3) is 10.0 Å². The Morgan fingerprint density at radius 2 is 1.53 bits per heavy atom. The minimum Gasteiger partial charge on any atom is -0.497 e. The zero-order valence-electron chi connectivity index (χ0n) is 27.1. The number of methoxy groups -OCH3 is 2. The van der Waals surface area contributed by atoms with Gasteiger partial charge in [0.2, 0.25) is 11.8 Å². The molecule has 9 nitrogen and oxygen atoms in total. The summed E-state index contributed by atoms with van der Waals surface area (Å²) >= 11 is 3.39. The van der Waals surface area contributed by atoms with Gasteiger partial charge in [0.05, 0.1) is 29.3 Å². The van der Waals surface area contributed by atoms with Crippen molar-refractivity contribution in [3.05, 3.63) is 118 Å². The second-order valence-electron chi connectivity index (χ2n) is 11.4. The van der Waals surface area contributed by atoms with Crippen molar-refractivity contribution in [2.45, 2.75) is 50.7 Å². The van der Waals surface area contributed by atoms with E-state index in [-0.39, 0.29) is 29.8 Å². The van der Waals surface area contributed by atoms with Crippen molar-refractivity contribution >= 4 is 43.5 Å². The van der Waals surface area contributed by atoms with E-state index in [1.54, 1.807) is 49.6 Å². The highest BCUT2D eigenvalue weighted by Gasteiger charge is 2.35. The predicted molar refractivity (Wildman–Crippen MR) is 187 cm³/mol. The average molecular weight is 723 g/mol. The number of nitrogens with one attached hydrogen (secondary N) is 1. The smallest absolute Gasteiger partial charge is 0.264 e. The van der Waals surface area contributed by atoms with Gasteiger partial charge in [-0.3, -0.25) is 13.9 Å². The molecule has 0 aliphatic heterocycles. The molecule has 0 saturated carbocycles. The second kappa shape index (κ2) is 16.0. The standard InChI is InChI=1S/C36H40BrN3O6S/c1-25(2)38-36(42)33(21-27-10-7-6-8-11-27)39(23-28-12-9-13-30(20-28)45-4)35(41)24-40(29-16-14-26(3)15-17-29)47(43,44)31-18-19-34(46-5)32(37)22-31/h6-20,22,25,33H,21,23-24H2,1-5H3,(H,38,42)/t33-/m1/s1. The molecule has 0 aromatic heterocycles. The maximum atomic E-state index is 14.6. The van der Waals surface area contributed by atoms with E-state index in [9.17, 15) is 18.0 Å². The summed E-state index contributed by atoms with van der Waals surface area (Å²) < 4.78 is 40.9. The van der Waals surface area contributed by atoms with Gasteiger partial charge < -0.3 is 19.7 Å². The number of halogens is 1. The first-order chi connectivity index (χ1) is 22.4. The summed E-state index contributed by atoms with van der Waals surface area (Å²) in [6.07, 6.45) is 0.220. The van der Waals surface area contributed by atoms with E-state index >= 15 is 0 Å². The third-order valence-corrected chi connectivity index (χ3v) is 9.89. The lowest BCUT2D eigenvalue weighted by atomic mass is 10.0. The molecule has 1 atom stereocenters. The Labute approximate surface area is 285 Å². The Kier molecular flexibility index (Phi) is 12.1. The van der Waals surface area contributed by atoms with Gasteiger partial charge in [-0.25, -0.2) is 8.42 Å². The Hall–Kier alpha value is -4.35. The van der Waals surface area contributed by atoms with Crippen LogP contribution in [0.3, 0.4) is 0 Å². The molecule has 47 heavy (non-hydrogen) atoms. The molecule has 1 N–H and O–H groups in total. The van der Waals surface area contributed by atoms with Crippen LogP contribution in [0, 0.1) is 6.92 Å². The number of nitrogens with zero attached hydrogens (tertiary/aromatic N) is 2. The van der Waals surface area contributed by atoms with Crippen LogP contribution < -0.4 is 19.1 Å². The van der Waals surface area contributed by atoms with Crippen LogP contribution in [0.1, 0.15) is 30.5 Å². The monoisotopic (exact) mass is 721 g/mol. The normalized spacial score (nSPS) is 11.9. The van der Waals surface area contributed by atoms with Crippen LogP contribution in [0.15, 0.2) is 106 Å². The van der Waals surface area contributed by atoms with Gasteiger partial charge in [-0.2, -0.15) is 0 Å². The Balaban J connectivity index is 1.82. The van der Waals surface area contributed by atoms with Crippen LogP contribution in [-0.2, 0) is 32.6 Å². The van der Waals surface area contributed by atoms with Crippen molar-refractivity contribution in [2.75, 3.05) is 25.1 Å². The molecule has 0 radical (unpaired) electrons. The minimum absolute atomic E-state index is 0.0312. The Morgan fingerprint density at radius 1 is 0.851 bits per heavy atom. The highest BCUT2D eigenvalue weighted by atomic mass is 79.9. The van der Waals surface area contributed by atoms with Gasteiger partial charge in [-0.05, 0) is 90.3 Å². The van der Waals surface area contributed by atoms with E-state index < -0.39 is 28.5 Å². The van der Waals surface area contributed by atoms with E-state index in [0.29, 0.717) is 21.7 Å². The van der Waals surface area contributed by atoms with Gasteiger partial charge in [0.15, 0.2) is 0 Å². The lowest BCUT2D eigenvalue weighted by Crippen LogP contribution is -2.54. The number of benzene rings is 4. The first-order valence-electron chi connectivity index (χ1n) is 15.1. The molecule has 0 aliphatic rings. The SMILES string of the molecule is COc1cccc(CN(C(=O)CN(c2ccc(C)cc2)S(=O)(=O)c2ccc(OC)c(Br)c2)[C@H](Cc2ccccc2)C(=O)NC(C)C)c1. The zero-order valence-corrected chi connectivity index (χ0v) is 29.5. The van der Waals surface area contributed by atoms with Gasteiger partial charge in [0.1, 0.15) is 24.1 Å². The fraction of sp³-hybridized carbons (Fsp3) is 0.278. The Bertz CT molecular complexity index is 1780. The number of carbonyl (C=O) groups is 2. The van der Waals surface area contributed by atoms with Crippen molar-refractivity contribution in [1.29, 1.82) is 0 Å². The number of aryl methyl sites for hydroxylation is 1. The molecule has 248 valence electrons. The summed E-state index contributed by atoms with van der Waals surface area (Å²) in [6.45, 7) is 5.08. The summed E-state index contributed by atoms with van der Waals surface area (Å²) in [5.41, 5.74) is 2.81. The maximum absolute atomic E-state index is 14.6. The lowest BCUT2D eigenvalue weighted by molar-refractivity contribution is -0.140. The summed E-state index contributed by atoms with van der Waals surface area (Å²) in [7, 11) is -1.23. The third-order valence-electron chi connectivity index (χ3n) is 7.50. The number of sulfonamides is 1. The number of rotatable bonds is 14. The van der Waals surface area contributed by atoms with E-state index in [1.165, 1.54) is 24.1 Å². The molecule has 0 heterocycles. The van der Waals surface area contributed by atoms with Crippen LogP contribution in [0.5, 0.6) is 11.5 Å². The third kappa shape index (κ3) is 9.14. The average Bonchev–Trinajstić information content (AvgIpc) is 3.05. The molecule has 11 heteroatoms. The number of hydrogen-bond acceptors (Lipinski definition) is 6. The highest BCUT2D eigenvalue weighted by Crippen LogP contribution is 2.31. The Morgan fingerprint density at radius 3 is 2.15 bits per heavy atom. The quantitative estimate of drug-likeness (QED) is 0.168. The number of hydrogen-bond donors (Lipinski definition) is 1. The molecular weight excluding hydrogens is 682 g/mol. The number of ether oxygens (including phenoxy) is 2. The molecule has 0 aliphatic carbocycles. The van der Waals surface area contributed by atoms with E-state index in [4.69, 9.17) is 9.47 Å². The van der Waals surface area contributed by atoms with Crippen LogP contribution in [0.2, 0.25) is 0 Å². The molecule has 0 bridgehead atoms. The minimum atomic E-state index is -4.27. The van der Waals surface area contributed by atoms with Gasteiger partial charge in [-0.15, -0.1) is 0 Å². The molecule has 4 aromatic rings. The summed E-state index contributed by atoms with van der Waals surface area (Å²) in [4.78, 5) is 29.9. The van der Waals surface area contributed by atoms with Crippen LogP contribution in [0.4, 0.5) is 5.69 Å². The molecule has 0 saturated heterocycles. The van der Waals surface area contributed by atoms with Crippen molar-refractivity contribution in [1.82, 2.24) is 10.2 Å². The zero-order chi connectivity index (χ0) is 34.1. The summed E-state index contributed by atoms with van der Waals surface area (Å²) in [5.74, 6) is 0.162. The fourth-order valence-corrected chi connectivity index (χ4v) is 7.21. The van der Waals surface area contributed by atoms with Crippen molar-refractivity contribution < 1.29 is 27.5 Å². The molecule has 4 rings (SSSR count). The van der Waals surface area contributed by atoms with Gasteiger partial charge >= 0.3 is 0 Å². The lowest BCUT2D eigenvalue weighted by Gasteiger charge is -2.34. The molecule has 2 amide bonds. The summed E-state index contributed by atoms with van der Waals surface area (Å²) in [6, 6.07) is 26.9. The molecule has 0 spiro atoms. The van der Waals surface area contributed by atoms with Crippen LogP contribution in [-0.4, -0.2) is 58.0 Å². The van der Waals surface area contributed by atoms with Crippen LogP contribution in [0.25, 0.3) is 0 Å². The maximum Gasteiger partial charge on any atom is 0.264 e. The first kappa shape index (κ1) is 35.5. The number of carbonyl (C=O) groups excluding carboxylic acids is 2. The van der Waals surface area contributed by atoms with E-state index in [1.807, 2.05) is 63.2 Å². The number of amides is 2. The van der Waals surface area contributed by atoms with E-state index in [0.717, 1.165) is 21.0 Å². The van der Waals surface area contributed by atoms with Crippen molar-refractivity contribution in [2.24, 2.45) is 0 Å². The fourth-order valence-electron chi connectivity index (χ4n) is 5.08. The molecule has 4 aromatic carbocycles. The highest BCUT2D eigenvalue weighted by molar-refractivity contribution is 9.10. The summed E-state index contributed by atoms with van der Waals surface area (Å²) in [5, 5.41) is 2.96. The number of anilines is 1. The van der Waals surface area contributed by atoms with Crippen molar-refractivity contribution in [3.63, 3.8) is 0 Å².